The molecule has 0 fully saturated rings. The number of carbonyl (C=O) groups is 1. The highest BCUT2D eigenvalue weighted by atomic mass is 31.1. The first kappa shape index (κ1) is 20.5. The van der Waals surface area contributed by atoms with Gasteiger partial charge in [0.1, 0.15) is 12.4 Å². The SMILES string of the molecule is Cn1cc(/C=C/C(=O)Nc2ccc(CO[P+](=O)O)cc2)c(-c2ccc(F)cc2)n1. The van der Waals surface area contributed by atoms with E-state index < -0.39 is 8.25 Å². The Morgan fingerprint density at radius 1 is 1.24 bits per heavy atom. The molecule has 9 heteroatoms. The van der Waals surface area contributed by atoms with E-state index in [1.54, 1.807) is 60.4 Å². The van der Waals surface area contributed by atoms with Crippen LogP contribution < -0.4 is 5.32 Å². The second-order valence-corrected chi connectivity index (χ2v) is 6.88. The van der Waals surface area contributed by atoms with Crippen molar-refractivity contribution < 1.29 is 23.2 Å². The Morgan fingerprint density at radius 3 is 2.59 bits per heavy atom. The average molecular weight is 414 g/mol. The number of benzene rings is 2. The molecule has 1 amide bonds. The molecule has 2 N–H and O–H groups in total. The second kappa shape index (κ2) is 9.34. The van der Waals surface area contributed by atoms with Crippen LogP contribution in [0.2, 0.25) is 0 Å². The third kappa shape index (κ3) is 5.89. The van der Waals surface area contributed by atoms with E-state index in [1.807, 2.05) is 0 Å². The summed E-state index contributed by atoms with van der Waals surface area (Å²) >= 11 is 0. The number of rotatable bonds is 7. The Hall–Kier alpha value is -3.19. The molecule has 0 saturated heterocycles. The van der Waals surface area contributed by atoms with E-state index in [1.165, 1.54) is 18.2 Å². The quantitative estimate of drug-likeness (QED) is 0.450. The lowest BCUT2D eigenvalue weighted by molar-refractivity contribution is -0.111. The molecule has 29 heavy (non-hydrogen) atoms. The normalized spacial score (nSPS) is 11.6. The number of nitrogens with zero attached hydrogens (tertiary/aromatic N) is 2. The van der Waals surface area contributed by atoms with Crippen LogP contribution in [0.25, 0.3) is 17.3 Å². The molecule has 0 aliphatic carbocycles. The highest BCUT2D eigenvalue weighted by molar-refractivity contribution is 7.32. The largest absolute Gasteiger partial charge is 0.695 e. The van der Waals surface area contributed by atoms with Crippen LogP contribution in [0.4, 0.5) is 10.1 Å². The Labute approximate surface area is 167 Å². The van der Waals surface area contributed by atoms with Gasteiger partial charge in [-0.15, -0.1) is 9.42 Å². The molecule has 0 spiro atoms. The van der Waals surface area contributed by atoms with E-state index in [0.29, 0.717) is 16.9 Å². The fourth-order valence-electron chi connectivity index (χ4n) is 2.62. The molecule has 1 unspecified atom stereocenters. The number of amides is 1. The van der Waals surface area contributed by atoms with Crippen LogP contribution in [-0.2, 0) is 27.5 Å². The number of hydrogen-bond donors (Lipinski definition) is 2. The second-order valence-electron chi connectivity index (χ2n) is 6.14. The molecule has 0 saturated carbocycles. The summed E-state index contributed by atoms with van der Waals surface area (Å²) in [5.74, 6) is -0.662. The summed E-state index contributed by atoms with van der Waals surface area (Å²) < 4.78 is 29.9. The van der Waals surface area contributed by atoms with Crippen LogP contribution in [0.15, 0.2) is 60.8 Å². The number of aryl methyl sites for hydroxylation is 1. The summed E-state index contributed by atoms with van der Waals surface area (Å²) in [6.45, 7) is 0.00695. The molecule has 2 aromatic carbocycles. The van der Waals surface area contributed by atoms with Gasteiger partial charge in [-0.25, -0.2) is 4.39 Å². The topological polar surface area (TPSA) is 93.5 Å². The van der Waals surface area contributed by atoms with Gasteiger partial charge in [0.2, 0.25) is 5.91 Å². The Kier molecular flexibility index (Phi) is 6.61. The van der Waals surface area contributed by atoms with Crippen molar-refractivity contribution in [2.45, 2.75) is 6.61 Å². The summed E-state index contributed by atoms with van der Waals surface area (Å²) in [4.78, 5) is 20.9. The average Bonchev–Trinajstić information content (AvgIpc) is 3.07. The van der Waals surface area contributed by atoms with Crippen LogP contribution in [-0.4, -0.2) is 20.6 Å². The number of nitrogens with one attached hydrogen (secondary N) is 1. The van der Waals surface area contributed by atoms with Gasteiger partial charge in [-0.3, -0.25) is 9.48 Å². The van der Waals surface area contributed by atoms with E-state index in [2.05, 4.69) is 14.9 Å². The minimum atomic E-state index is -2.65. The van der Waals surface area contributed by atoms with Gasteiger partial charge >= 0.3 is 8.25 Å². The van der Waals surface area contributed by atoms with E-state index in [0.717, 1.165) is 11.1 Å². The predicted octanol–water partition coefficient (Wildman–Crippen LogP) is 4.04. The molecule has 0 radical (unpaired) electrons. The van der Waals surface area contributed by atoms with Gasteiger partial charge in [0.15, 0.2) is 0 Å². The first-order chi connectivity index (χ1) is 13.9. The number of hydrogen-bond acceptors (Lipinski definition) is 4. The van der Waals surface area contributed by atoms with Crippen molar-refractivity contribution in [2.24, 2.45) is 7.05 Å². The van der Waals surface area contributed by atoms with E-state index >= 15 is 0 Å². The van der Waals surface area contributed by atoms with Gasteiger partial charge in [0.25, 0.3) is 0 Å². The van der Waals surface area contributed by atoms with Gasteiger partial charge in [-0.2, -0.15) is 5.10 Å². The molecule has 1 heterocycles. The molecular formula is C20H18FN3O4P+. The summed E-state index contributed by atoms with van der Waals surface area (Å²) in [6, 6.07) is 12.7. The monoisotopic (exact) mass is 414 g/mol. The van der Waals surface area contributed by atoms with Gasteiger partial charge in [-0.1, -0.05) is 12.1 Å². The molecule has 0 aliphatic rings. The molecule has 148 valence electrons. The first-order valence-corrected chi connectivity index (χ1v) is 9.70. The van der Waals surface area contributed by atoms with Gasteiger partial charge in [-0.05, 0) is 48.0 Å². The zero-order valence-electron chi connectivity index (χ0n) is 15.4. The molecule has 0 bridgehead atoms. The molecule has 3 rings (SSSR count). The standard InChI is InChI=1S/C20H17FN3O4P/c1-24-12-16(20(23-24)15-4-7-17(21)8-5-15)6-11-19(25)22-18-9-2-14(3-10-18)13-28-29(26)27/h2-12H,13H2,1H3,(H-,22,25,26,27)/p+1/b11-6+. The Morgan fingerprint density at radius 2 is 1.93 bits per heavy atom. The van der Waals surface area contributed by atoms with Crippen molar-refractivity contribution in [3.8, 4) is 11.3 Å². The number of anilines is 1. The third-order valence-electron chi connectivity index (χ3n) is 3.95. The summed E-state index contributed by atoms with van der Waals surface area (Å²) in [6.07, 6.45) is 4.79. The lowest BCUT2D eigenvalue weighted by Gasteiger charge is -2.03. The van der Waals surface area contributed by atoms with E-state index in [9.17, 15) is 13.8 Å². The minimum Gasteiger partial charge on any atom is -0.323 e. The Bertz CT molecular complexity index is 1050. The summed E-state index contributed by atoms with van der Waals surface area (Å²) in [5, 5.41) is 7.10. The lowest BCUT2D eigenvalue weighted by atomic mass is 10.1. The molecule has 1 atom stereocenters. The fraction of sp³-hybridized carbons (Fsp3) is 0.100. The maximum atomic E-state index is 13.1. The highest BCUT2D eigenvalue weighted by Crippen LogP contribution is 2.23. The zero-order valence-corrected chi connectivity index (χ0v) is 16.3. The van der Waals surface area contributed by atoms with E-state index in [-0.39, 0.29) is 18.3 Å². The lowest BCUT2D eigenvalue weighted by Crippen LogP contribution is -2.07. The number of carbonyl (C=O) groups excluding carboxylic acids is 1. The smallest absolute Gasteiger partial charge is 0.323 e. The van der Waals surface area contributed by atoms with Gasteiger partial charge in [0.05, 0.1) is 5.69 Å². The predicted molar refractivity (Wildman–Crippen MR) is 107 cm³/mol. The van der Waals surface area contributed by atoms with Crippen molar-refractivity contribution in [2.75, 3.05) is 5.32 Å². The van der Waals surface area contributed by atoms with Gasteiger partial charge in [0, 0.05) is 40.7 Å². The van der Waals surface area contributed by atoms with E-state index in [4.69, 9.17) is 4.89 Å². The number of aromatic nitrogens is 2. The van der Waals surface area contributed by atoms with Gasteiger partial charge < -0.3 is 5.32 Å². The van der Waals surface area contributed by atoms with Crippen LogP contribution in [0, 0.1) is 5.82 Å². The van der Waals surface area contributed by atoms with Crippen molar-refractivity contribution >= 4 is 25.9 Å². The van der Waals surface area contributed by atoms with Crippen LogP contribution >= 0.6 is 8.25 Å². The molecule has 0 aliphatic heterocycles. The third-order valence-corrected chi connectivity index (χ3v) is 4.30. The van der Waals surface area contributed by atoms with Crippen LogP contribution in [0.5, 0.6) is 0 Å². The number of halogens is 1. The molecule has 3 aromatic rings. The minimum absolute atomic E-state index is 0.00695. The highest BCUT2D eigenvalue weighted by Gasteiger charge is 2.12. The zero-order chi connectivity index (χ0) is 20.8. The molecule has 1 aromatic heterocycles. The molecule has 7 nitrogen and oxygen atoms in total. The fourth-order valence-corrected chi connectivity index (χ4v) is 2.88. The summed E-state index contributed by atoms with van der Waals surface area (Å²) in [7, 11) is -0.880. The van der Waals surface area contributed by atoms with Crippen LogP contribution in [0.1, 0.15) is 11.1 Å². The van der Waals surface area contributed by atoms with Crippen molar-refractivity contribution in [3.05, 3.63) is 77.7 Å². The Balaban J connectivity index is 1.67. The first-order valence-electron chi connectivity index (χ1n) is 8.57. The maximum Gasteiger partial charge on any atom is 0.695 e. The van der Waals surface area contributed by atoms with Crippen molar-refractivity contribution in [3.63, 3.8) is 0 Å². The molecular weight excluding hydrogens is 396 g/mol. The summed E-state index contributed by atoms with van der Waals surface area (Å²) in [5.41, 5.74) is 3.38. The van der Waals surface area contributed by atoms with Crippen LogP contribution in [0.3, 0.4) is 0 Å². The van der Waals surface area contributed by atoms with Crippen molar-refractivity contribution in [1.29, 1.82) is 0 Å². The van der Waals surface area contributed by atoms with Crippen molar-refractivity contribution in [1.82, 2.24) is 9.78 Å². The maximum absolute atomic E-state index is 13.1.